The number of imidazole rings is 1. The molecular weight excluding hydrogens is 557 g/mol. The zero-order chi connectivity index (χ0) is 28.1. The molecular formula is C27H31Cl2N7O4. The SMILES string of the molecule is COc1ccc(CCNC(=O)CC2CN(C(=O)C3CCOC3)CCN2c2cc(Cl)nc(-n3ccnc3)n2)cc1Cl. The van der Waals surface area contributed by atoms with Gasteiger partial charge >= 0.3 is 0 Å². The first kappa shape index (κ1) is 28.1. The van der Waals surface area contributed by atoms with Crippen LogP contribution in [0.2, 0.25) is 10.2 Å². The Morgan fingerprint density at radius 2 is 2.08 bits per heavy atom. The van der Waals surface area contributed by atoms with E-state index in [2.05, 4.69) is 15.3 Å². The van der Waals surface area contributed by atoms with E-state index < -0.39 is 0 Å². The molecule has 2 unspecified atom stereocenters. The zero-order valence-electron chi connectivity index (χ0n) is 22.1. The molecule has 0 saturated carbocycles. The predicted molar refractivity (Wildman–Crippen MR) is 150 cm³/mol. The Hall–Kier alpha value is -3.41. The van der Waals surface area contributed by atoms with Crippen molar-refractivity contribution in [2.75, 3.05) is 51.4 Å². The van der Waals surface area contributed by atoms with Crippen molar-refractivity contribution in [1.82, 2.24) is 29.7 Å². The number of nitrogens with one attached hydrogen (secondary N) is 1. The number of hydrogen-bond donors (Lipinski definition) is 1. The third kappa shape index (κ3) is 6.65. The number of methoxy groups -OCH3 is 1. The van der Waals surface area contributed by atoms with E-state index in [0.29, 0.717) is 68.4 Å². The lowest BCUT2D eigenvalue weighted by Gasteiger charge is -2.42. The monoisotopic (exact) mass is 587 g/mol. The molecule has 0 aliphatic carbocycles. The summed E-state index contributed by atoms with van der Waals surface area (Å²) in [5, 5.41) is 3.81. The van der Waals surface area contributed by atoms with Gasteiger partial charge in [0.2, 0.25) is 17.8 Å². The fourth-order valence-corrected chi connectivity index (χ4v) is 5.50. The Morgan fingerprint density at radius 3 is 2.80 bits per heavy atom. The molecule has 2 fully saturated rings. The third-order valence-electron chi connectivity index (χ3n) is 7.15. The molecule has 2 aliphatic heterocycles. The van der Waals surface area contributed by atoms with Gasteiger partial charge < -0.3 is 24.6 Å². The molecule has 2 amide bonds. The van der Waals surface area contributed by atoms with Gasteiger partial charge in [-0.3, -0.25) is 14.2 Å². The second kappa shape index (κ2) is 12.8. The molecule has 2 atom stereocenters. The minimum absolute atomic E-state index is 0.0683. The van der Waals surface area contributed by atoms with Crippen LogP contribution in [0.5, 0.6) is 5.75 Å². The van der Waals surface area contributed by atoms with Crippen LogP contribution in [0.4, 0.5) is 5.82 Å². The van der Waals surface area contributed by atoms with E-state index in [9.17, 15) is 9.59 Å². The Kier molecular flexibility index (Phi) is 9.03. The van der Waals surface area contributed by atoms with Crippen LogP contribution in [0.3, 0.4) is 0 Å². The number of carbonyl (C=O) groups excluding carboxylic acids is 2. The number of hydrogen-bond acceptors (Lipinski definition) is 8. The Morgan fingerprint density at radius 1 is 1.20 bits per heavy atom. The number of halogens is 2. The molecule has 2 aromatic heterocycles. The van der Waals surface area contributed by atoms with Crippen LogP contribution in [0.25, 0.3) is 5.95 Å². The number of rotatable bonds is 9. The van der Waals surface area contributed by atoms with E-state index in [4.69, 9.17) is 37.7 Å². The second-order valence-electron chi connectivity index (χ2n) is 9.78. The van der Waals surface area contributed by atoms with Crippen LogP contribution in [0.1, 0.15) is 18.4 Å². The lowest BCUT2D eigenvalue weighted by Crippen LogP contribution is -2.57. The summed E-state index contributed by atoms with van der Waals surface area (Å²) >= 11 is 12.6. The van der Waals surface area contributed by atoms with Gasteiger partial charge in [0.1, 0.15) is 23.0 Å². The number of amides is 2. The summed E-state index contributed by atoms with van der Waals surface area (Å²) in [4.78, 5) is 43.3. The van der Waals surface area contributed by atoms with Gasteiger partial charge in [-0.1, -0.05) is 29.3 Å². The third-order valence-corrected chi connectivity index (χ3v) is 7.63. The molecule has 13 heteroatoms. The molecule has 0 radical (unpaired) electrons. The fraction of sp³-hybridized carbons (Fsp3) is 0.444. The molecule has 3 aromatic rings. The van der Waals surface area contributed by atoms with E-state index >= 15 is 0 Å². The number of benzene rings is 1. The minimum atomic E-state index is -0.308. The molecule has 1 aromatic carbocycles. The van der Waals surface area contributed by atoms with Gasteiger partial charge in [0, 0.05) is 57.7 Å². The Bertz CT molecular complexity index is 1330. The van der Waals surface area contributed by atoms with E-state index in [1.54, 1.807) is 36.5 Å². The number of carbonyl (C=O) groups is 2. The average molecular weight is 588 g/mol. The quantitative estimate of drug-likeness (QED) is 0.380. The zero-order valence-corrected chi connectivity index (χ0v) is 23.6. The lowest BCUT2D eigenvalue weighted by molar-refractivity contribution is -0.137. The van der Waals surface area contributed by atoms with Gasteiger partial charge in [0.15, 0.2) is 0 Å². The summed E-state index contributed by atoms with van der Waals surface area (Å²) in [6, 6.07) is 6.94. The molecule has 2 saturated heterocycles. The highest BCUT2D eigenvalue weighted by molar-refractivity contribution is 6.32. The maximum Gasteiger partial charge on any atom is 0.238 e. The van der Waals surface area contributed by atoms with Crippen molar-refractivity contribution < 1.29 is 19.1 Å². The number of ether oxygens (including phenoxy) is 2. The second-order valence-corrected chi connectivity index (χ2v) is 10.6. The minimum Gasteiger partial charge on any atom is -0.495 e. The summed E-state index contributed by atoms with van der Waals surface area (Å²) in [5.74, 6) is 1.38. The lowest BCUT2D eigenvalue weighted by atomic mass is 10.0. The molecule has 0 bridgehead atoms. The van der Waals surface area contributed by atoms with Crippen LogP contribution in [-0.4, -0.2) is 88.8 Å². The molecule has 1 N–H and O–H groups in total. The normalized spacial score (nSPS) is 19.1. The van der Waals surface area contributed by atoms with E-state index in [-0.39, 0.29) is 35.3 Å². The molecule has 212 valence electrons. The molecule has 2 aliphatic rings. The molecule has 4 heterocycles. The van der Waals surface area contributed by atoms with Crippen LogP contribution >= 0.6 is 23.2 Å². The van der Waals surface area contributed by atoms with Crippen LogP contribution in [0.15, 0.2) is 43.0 Å². The van der Waals surface area contributed by atoms with Crippen molar-refractivity contribution in [3.63, 3.8) is 0 Å². The predicted octanol–water partition coefficient (Wildman–Crippen LogP) is 2.78. The number of piperazine rings is 1. The summed E-state index contributed by atoms with van der Waals surface area (Å²) < 4.78 is 12.3. The molecule has 5 rings (SSSR count). The van der Waals surface area contributed by atoms with Gasteiger partial charge in [-0.15, -0.1) is 0 Å². The molecule has 0 spiro atoms. The first-order valence-corrected chi connectivity index (χ1v) is 13.9. The molecule has 11 nitrogen and oxygen atoms in total. The van der Waals surface area contributed by atoms with Crippen molar-refractivity contribution in [3.8, 4) is 11.7 Å². The maximum atomic E-state index is 13.2. The number of anilines is 1. The summed E-state index contributed by atoms with van der Waals surface area (Å²) in [7, 11) is 1.57. The van der Waals surface area contributed by atoms with Crippen LogP contribution in [-0.2, 0) is 20.7 Å². The average Bonchev–Trinajstić information content (AvgIpc) is 3.68. The van der Waals surface area contributed by atoms with Crippen LogP contribution < -0.4 is 15.0 Å². The summed E-state index contributed by atoms with van der Waals surface area (Å²) in [5.41, 5.74) is 0.989. The van der Waals surface area contributed by atoms with Gasteiger partial charge in [0.05, 0.1) is 30.7 Å². The van der Waals surface area contributed by atoms with E-state index in [1.807, 2.05) is 28.0 Å². The van der Waals surface area contributed by atoms with Crippen molar-refractivity contribution in [1.29, 1.82) is 0 Å². The van der Waals surface area contributed by atoms with E-state index in [0.717, 1.165) is 12.0 Å². The Balaban J connectivity index is 1.29. The largest absolute Gasteiger partial charge is 0.495 e. The summed E-state index contributed by atoms with van der Waals surface area (Å²) in [6.07, 6.45) is 6.47. The smallest absolute Gasteiger partial charge is 0.238 e. The van der Waals surface area contributed by atoms with Gasteiger partial charge in [-0.2, -0.15) is 4.98 Å². The highest BCUT2D eigenvalue weighted by Crippen LogP contribution is 2.27. The Labute approximate surface area is 242 Å². The van der Waals surface area contributed by atoms with Crippen molar-refractivity contribution in [2.24, 2.45) is 5.92 Å². The topological polar surface area (TPSA) is 115 Å². The van der Waals surface area contributed by atoms with Crippen molar-refractivity contribution in [3.05, 3.63) is 58.7 Å². The standard InChI is InChI=1S/C27H31Cl2N7O4/c1-39-22-3-2-18(12-21(22)28)4-6-31-25(37)13-20-15-34(26(38)19-5-11-40-16-19)9-10-36(20)24-14-23(29)32-27(33-24)35-8-7-30-17-35/h2-3,7-8,12,14,17,19-20H,4-6,9-11,13,15-16H2,1H3,(H,31,37). The number of nitrogens with zero attached hydrogens (tertiary/aromatic N) is 6. The first-order chi connectivity index (χ1) is 19.4. The van der Waals surface area contributed by atoms with Gasteiger partial charge in [-0.05, 0) is 30.5 Å². The fourth-order valence-electron chi connectivity index (χ4n) is 5.05. The van der Waals surface area contributed by atoms with Crippen molar-refractivity contribution >= 4 is 40.8 Å². The first-order valence-electron chi connectivity index (χ1n) is 13.2. The molecule has 40 heavy (non-hydrogen) atoms. The van der Waals surface area contributed by atoms with E-state index in [1.165, 1.54) is 0 Å². The highest BCUT2D eigenvalue weighted by Gasteiger charge is 2.36. The van der Waals surface area contributed by atoms with Crippen molar-refractivity contribution in [2.45, 2.75) is 25.3 Å². The highest BCUT2D eigenvalue weighted by atomic mass is 35.5. The maximum absolute atomic E-state index is 13.2. The van der Waals surface area contributed by atoms with Gasteiger partial charge in [0.25, 0.3) is 0 Å². The number of aromatic nitrogens is 4. The van der Waals surface area contributed by atoms with Crippen LogP contribution in [0, 0.1) is 5.92 Å². The summed E-state index contributed by atoms with van der Waals surface area (Å²) in [6.45, 7) is 2.87. The van der Waals surface area contributed by atoms with Gasteiger partial charge in [-0.25, -0.2) is 9.97 Å².